The minimum atomic E-state index is 0.498. The zero-order chi connectivity index (χ0) is 19.2. The van der Waals surface area contributed by atoms with Gasteiger partial charge in [-0.2, -0.15) is 4.98 Å². The highest BCUT2D eigenvalue weighted by atomic mass is 35.5. The second kappa shape index (κ2) is 8.50. The Labute approximate surface area is 168 Å². The van der Waals surface area contributed by atoms with Gasteiger partial charge in [0.1, 0.15) is 5.82 Å². The Bertz CT molecular complexity index is 1050. The average molecular weight is 388 g/mol. The molecule has 0 aliphatic heterocycles. The Morgan fingerprint density at radius 1 is 0.857 bits per heavy atom. The van der Waals surface area contributed by atoms with Crippen LogP contribution in [-0.2, 0) is 6.54 Å². The third-order valence-corrected chi connectivity index (χ3v) is 4.31. The van der Waals surface area contributed by atoms with Crippen LogP contribution >= 0.6 is 11.6 Å². The maximum absolute atomic E-state index is 6.09. The molecule has 0 bridgehead atoms. The minimum Gasteiger partial charge on any atom is -0.366 e. The third kappa shape index (κ3) is 4.64. The predicted molar refractivity (Wildman–Crippen MR) is 114 cm³/mol. The Hall–Kier alpha value is -3.44. The number of aromatic nitrogens is 3. The summed E-state index contributed by atoms with van der Waals surface area (Å²) < 4.78 is 0. The van der Waals surface area contributed by atoms with Crippen molar-refractivity contribution >= 4 is 29.1 Å². The van der Waals surface area contributed by atoms with Crippen molar-refractivity contribution < 1.29 is 0 Å². The molecule has 2 heterocycles. The number of nitrogens with zero attached hydrogens (tertiary/aromatic N) is 3. The second-order valence-corrected chi connectivity index (χ2v) is 6.61. The molecule has 2 N–H and O–H groups in total. The van der Waals surface area contributed by atoms with Gasteiger partial charge in [0.25, 0.3) is 0 Å². The summed E-state index contributed by atoms with van der Waals surface area (Å²) in [5.41, 5.74) is 3.75. The third-order valence-electron chi connectivity index (χ3n) is 4.07. The summed E-state index contributed by atoms with van der Waals surface area (Å²) in [6.45, 7) is 0.621. The fraction of sp³-hybridized carbons (Fsp3) is 0.0455. The zero-order valence-corrected chi connectivity index (χ0v) is 15.8. The maximum atomic E-state index is 6.09. The van der Waals surface area contributed by atoms with E-state index in [2.05, 4.69) is 25.6 Å². The van der Waals surface area contributed by atoms with Crippen molar-refractivity contribution in [3.05, 3.63) is 95.8 Å². The van der Waals surface area contributed by atoms with Crippen molar-refractivity contribution in [3.63, 3.8) is 0 Å². The molecule has 0 amide bonds. The van der Waals surface area contributed by atoms with E-state index < -0.39 is 0 Å². The van der Waals surface area contributed by atoms with Crippen LogP contribution in [0.15, 0.2) is 85.2 Å². The minimum absolute atomic E-state index is 0.498. The molecule has 0 fully saturated rings. The molecule has 5 nitrogen and oxygen atoms in total. The van der Waals surface area contributed by atoms with Gasteiger partial charge >= 0.3 is 0 Å². The van der Waals surface area contributed by atoms with Gasteiger partial charge in [0.05, 0.1) is 5.69 Å². The molecule has 2 aromatic carbocycles. The lowest BCUT2D eigenvalue weighted by atomic mass is 10.1. The fourth-order valence-corrected chi connectivity index (χ4v) is 2.93. The van der Waals surface area contributed by atoms with Crippen LogP contribution in [0.2, 0.25) is 5.02 Å². The molecule has 0 aliphatic rings. The lowest BCUT2D eigenvalue weighted by Crippen LogP contribution is -2.05. The van der Waals surface area contributed by atoms with Crippen molar-refractivity contribution in [1.29, 1.82) is 0 Å². The van der Waals surface area contributed by atoms with Crippen LogP contribution in [-0.4, -0.2) is 15.0 Å². The summed E-state index contributed by atoms with van der Waals surface area (Å²) in [5, 5.41) is 7.24. The first kappa shape index (κ1) is 17.9. The topological polar surface area (TPSA) is 62.7 Å². The fourth-order valence-electron chi connectivity index (χ4n) is 2.74. The lowest BCUT2D eigenvalue weighted by Gasteiger charge is -2.12. The summed E-state index contributed by atoms with van der Waals surface area (Å²) in [6, 6.07) is 23.4. The molecule has 0 saturated heterocycles. The van der Waals surface area contributed by atoms with Crippen molar-refractivity contribution in [1.82, 2.24) is 15.0 Å². The standard InChI is InChI=1S/C22H18ClN5/c23-18-9-4-10-19(12-18)26-22-27-20(17-7-2-1-3-8-17)13-21(28-22)25-15-16-6-5-11-24-14-16/h1-14H,15H2,(H2,25,26,27,28). The van der Waals surface area contributed by atoms with Gasteiger partial charge in [-0.15, -0.1) is 0 Å². The molecule has 4 rings (SSSR count). The van der Waals surface area contributed by atoms with Gasteiger partial charge in [0, 0.05) is 41.3 Å². The summed E-state index contributed by atoms with van der Waals surface area (Å²) in [5.74, 6) is 1.22. The Kier molecular flexibility index (Phi) is 5.45. The average Bonchev–Trinajstić information content (AvgIpc) is 2.74. The van der Waals surface area contributed by atoms with Gasteiger partial charge in [-0.3, -0.25) is 4.98 Å². The van der Waals surface area contributed by atoms with Gasteiger partial charge in [0.15, 0.2) is 0 Å². The number of benzene rings is 2. The van der Waals surface area contributed by atoms with Gasteiger partial charge in [0.2, 0.25) is 5.95 Å². The first-order valence-corrected chi connectivity index (χ1v) is 9.24. The number of rotatable bonds is 6. The van der Waals surface area contributed by atoms with E-state index in [1.807, 2.05) is 79.0 Å². The quantitative estimate of drug-likeness (QED) is 0.454. The normalized spacial score (nSPS) is 10.5. The van der Waals surface area contributed by atoms with Gasteiger partial charge < -0.3 is 10.6 Å². The number of anilines is 3. The Balaban J connectivity index is 1.64. The summed E-state index contributed by atoms with van der Waals surface area (Å²) >= 11 is 6.09. The first-order valence-electron chi connectivity index (χ1n) is 8.86. The lowest BCUT2D eigenvalue weighted by molar-refractivity contribution is 1.07. The molecule has 0 spiro atoms. The van der Waals surface area contributed by atoms with E-state index in [-0.39, 0.29) is 0 Å². The van der Waals surface area contributed by atoms with E-state index in [9.17, 15) is 0 Å². The van der Waals surface area contributed by atoms with E-state index in [4.69, 9.17) is 11.6 Å². The highest BCUT2D eigenvalue weighted by Gasteiger charge is 2.08. The van der Waals surface area contributed by atoms with E-state index in [1.54, 1.807) is 6.20 Å². The van der Waals surface area contributed by atoms with E-state index in [0.29, 0.717) is 17.5 Å². The maximum Gasteiger partial charge on any atom is 0.229 e. The Morgan fingerprint density at radius 2 is 1.75 bits per heavy atom. The van der Waals surface area contributed by atoms with Crippen molar-refractivity contribution in [3.8, 4) is 11.3 Å². The molecule has 6 heteroatoms. The van der Waals surface area contributed by atoms with Crippen LogP contribution in [0.1, 0.15) is 5.56 Å². The molecule has 0 unspecified atom stereocenters. The smallest absolute Gasteiger partial charge is 0.229 e. The van der Waals surface area contributed by atoms with Gasteiger partial charge in [-0.25, -0.2) is 4.98 Å². The van der Waals surface area contributed by atoms with Gasteiger partial charge in [-0.05, 0) is 29.8 Å². The van der Waals surface area contributed by atoms with Crippen LogP contribution in [0.5, 0.6) is 0 Å². The highest BCUT2D eigenvalue weighted by Crippen LogP contribution is 2.24. The first-order chi connectivity index (χ1) is 13.8. The van der Waals surface area contributed by atoms with Crippen LogP contribution in [0, 0.1) is 0 Å². The highest BCUT2D eigenvalue weighted by molar-refractivity contribution is 6.30. The predicted octanol–water partition coefficient (Wildman–Crippen LogP) is 5.55. The van der Waals surface area contributed by atoms with E-state index in [1.165, 1.54) is 0 Å². The van der Waals surface area contributed by atoms with E-state index >= 15 is 0 Å². The summed E-state index contributed by atoms with van der Waals surface area (Å²) in [7, 11) is 0. The number of nitrogens with one attached hydrogen (secondary N) is 2. The van der Waals surface area contributed by atoms with Crippen molar-refractivity contribution in [2.45, 2.75) is 6.54 Å². The molecular formula is C22H18ClN5. The van der Waals surface area contributed by atoms with Crippen LogP contribution in [0.3, 0.4) is 0 Å². The molecule has 2 aromatic heterocycles. The van der Waals surface area contributed by atoms with Crippen LogP contribution in [0.4, 0.5) is 17.5 Å². The number of pyridine rings is 1. The van der Waals surface area contributed by atoms with Gasteiger partial charge in [-0.1, -0.05) is 54.1 Å². The van der Waals surface area contributed by atoms with Crippen molar-refractivity contribution in [2.75, 3.05) is 10.6 Å². The number of hydrogen-bond donors (Lipinski definition) is 2. The summed E-state index contributed by atoms with van der Waals surface area (Å²) in [6.07, 6.45) is 3.59. The molecule has 138 valence electrons. The Morgan fingerprint density at radius 3 is 2.54 bits per heavy atom. The van der Waals surface area contributed by atoms with Crippen LogP contribution in [0.25, 0.3) is 11.3 Å². The monoisotopic (exact) mass is 387 g/mol. The number of halogens is 1. The molecule has 0 atom stereocenters. The van der Waals surface area contributed by atoms with Crippen molar-refractivity contribution in [2.24, 2.45) is 0 Å². The summed E-state index contributed by atoms with van der Waals surface area (Å²) in [4.78, 5) is 13.4. The number of hydrogen-bond acceptors (Lipinski definition) is 5. The molecule has 28 heavy (non-hydrogen) atoms. The second-order valence-electron chi connectivity index (χ2n) is 6.18. The van der Waals surface area contributed by atoms with E-state index in [0.717, 1.165) is 28.3 Å². The molecule has 0 saturated carbocycles. The molecular weight excluding hydrogens is 370 g/mol. The van der Waals surface area contributed by atoms with Crippen LogP contribution < -0.4 is 10.6 Å². The molecule has 0 aliphatic carbocycles. The molecule has 4 aromatic rings. The largest absolute Gasteiger partial charge is 0.366 e. The SMILES string of the molecule is Clc1cccc(Nc2nc(NCc3cccnc3)cc(-c3ccccc3)n2)c1. The zero-order valence-electron chi connectivity index (χ0n) is 15.0. The molecule has 0 radical (unpaired) electrons.